The Bertz CT molecular complexity index is 817. The molecule has 8 heteroatoms. The zero-order chi connectivity index (χ0) is 18.6. The second-order valence-electron chi connectivity index (χ2n) is 4.94. The number of carboxylic acid groups (broad SMARTS) is 1. The summed E-state index contributed by atoms with van der Waals surface area (Å²) in [6.07, 6.45) is 0. The number of ether oxygens (including phenoxy) is 2. The molecule has 2 aromatic carbocycles. The lowest BCUT2D eigenvalue weighted by Crippen LogP contribution is -2.15. The topological polar surface area (TPSA) is 125 Å². The molecule has 0 spiro atoms. The fourth-order valence-electron chi connectivity index (χ4n) is 2.13. The second kappa shape index (κ2) is 7.43. The second-order valence-corrected chi connectivity index (χ2v) is 4.94. The van der Waals surface area contributed by atoms with Crippen molar-refractivity contribution in [3.8, 4) is 23.0 Å². The number of hydrogen-bond donors (Lipinski definition) is 4. The normalized spacial score (nSPS) is 10.2. The summed E-state index contributed by atoms with van der Waals surface area (Å²) in [5, 5.41) is 31.4. The van der Waals surface area contributed by atoms with Crippen molar-refractivity contribution < 1.29 is 34.4 Å². The number of phenols is 2. The average molecular weight is 347 g/mol. The van der Waals surface area contributed by atoms with Crippen molar-refractivity contribution >= 4 is 17.6 Å². The van der Waals surface area contributed by atoms with Crippen LogP contribution in [0.15, 0.2) is 30.3 Å². The molecule has 0 saturated heterocycles. The molecule has 4 N–H and O–H groups in total. The van der Waals surface area contributed by atoms with Gasteiger partial charge in [-0.25, -0.2) is 4.79 Å². The molecule has 0 fully saturated rings. The molecule has 1 amide bonds. The largest absolute Gasteiger partial charge is 0.507 e. The lowest BCUT2D eigenvalue weighted by atomic mass is 10.1. The van der Waals surface area contributed by atoms with Gasteiger partial charge in [0.25, 0.3) is 5.91 Å². The number of methoxy groups -OCH3 is 1. The van der Waals surface area contributed by atoms with Crippen LogP contribution >= 0.6 is 0 Å². The molecular formula is C17H17NO7. The SMILES string of the molecule is CCOc1cc(C(=O)O)c(NC(=O)c2cc(OC)ccc2O)cc1O. The number of nitrogens with one attached hydrogen (secondary N) is 1. The van der Waals surface area contributed by atoms with Crippen molar-refractivity contribution in [3.63, 3.8) is 0 Å². The third kappa shape index (κ3) is 3.92. The van der Waals surface area contributed by atoms with Crippen LogP contribution in [0.4, 0.5) is 5.69 Å². The Morgan fingerprint density at radius 1 is 1.08 bits per heavy atom. The molecule has 132 valence electrons. The van der Waals surface area contributed by atoms with Crippen LogP contribution in [0.1, 0.15) is 27.6 Å². The Morgan fingerprint density at radius 2 is 1.80 bits per heavy atom. The Hall–Kier alpha value is -3.42. The van der Waals surface area contributed by atoms with Crippen molar-refractivity contribution in [2.24, 2.45) is 0 Å². The summed E-state index contributed by atoms with van der Waals surface area (Å²) in [4.78, 5) is 23.8. The van der Waals surface area contributed by atoms with Gasteiger partial charge in [0.15, 0.2) is 11.5 Å². The number of benzene rings is 2. The molecule has 0 atom stereocenters. The number of carbonyl (C=O) groups excluding carboxylic acids is 1. The Morgan fingerprint density at radius 3 is 2.40 bits per heavy atom. The van der Waals surface area contributed by atoms with E-state index in [0.717, 1.165) is 12.1 Å². The smallest absolute Gasteiger partial charge is 0.337 e. The van der Waals surface area contributed by atoms with Crippen molar-refractivity contribution in [2.75, 3.05) is 19.0 Å². The number of anilines is 1. The maximum absolute atomic E-state index is 12.4. The van der Waals surface area contributed by atoms with Gasteiger partial charge in [-0.05, 0) is 25.1 Å². The molecule has 0 bridgehead atoms. The highest BCUT2D eigenvalue weighted by Gasteiger charge is 2.20. The maximum Gasteiger partial charge on any atom is 0.337 e. The Labute approximate surface area is 143 Å². The fourth-order valence-corrected chi connectivity index (χ4v) is 2.13. The van der Waals surface area contributed by atoms with Crippen LogP contribution < -0.4 is 14.8 Å². The minimum absolute atomic E-state index is 0.0119. The van der Waals surface area contributed by atoms with E-state index in [1.807, 2.05) is 0 Å². The molecular weight excluding hydrogens is 330 g/mol. The predicted molar refractivity (Wildman–Crippen MR) is 88.8 cm³/mol. The molecule has 8 nitrogen and oxygen atoms in total. The van der Waals surface area contributed by atoms with E-state index in [-0.39, 0.29) is 40.7 Å². The first kappa shape index (κ1) is 17.9. The number of phenolic OH excluding ortho intramolecular Hbond substituents is 2. The van der Waals surface area contributed by atoms with Gasteiger partial charge in [0, 0.05) is 12.1 Å². The summed E-state index contributed by atoms with van der Waals surface area (Å²) in [5.74, 6) is -2.37. The quantitative estimate of drug-likeness (QED) is 0.632. The minimum atomic E-state index is -1.31. The van der Waals surface area contributed by atoms with Gasteiger partial charge < -0.3 is 30.1 Å². The first-order chi connectivity index (χ1) is 11.9. The van der Waals surface area contributed by atoms with E-state index in [1.54, 1.807) is 6.92 Å². The van der Waals surface area contributed by atoms with E-state index in [2.05, 4.69) is 5.32 Å². The molecule has 2 rings (SSSR count). The highest BCUT2D eigenvalue weighted by Crippen LogP contribution is 2.33. The number of hydrogen-bond acceptors (Lipinski definition) is 6. The Kier molecular flexibility index (Phi) is 5.33. The first-order valence-corrected chi connectivity index (χ1v) is 7.28. The highest BCUT2D eigenvalue weighted by molar-refractivity contribution is 6.09. The molecule has 0 aliphatic heterocycles. The van der Waals surface area contributed by atoms with Crippen molar-refractivity contribution in [1.82, 2.24) is 0 Å². The molecule has 0 aromatic heterocycles. The van der Waals surface area contributed by atoms with Gasteiger partial charge in [-0.1, -0.05) is 0 Å². The number of aromatic carboxylic acids is 1. The molecule has 25 heavy (non-hydrogen) atoms. The van der Waals surface area contributed by atoms with Gasteiger partial charge in [0.2, 0.25) is 0 Å². The zero-order valence-corrected chi connectivity index (χ0v) is 13.6. The molecule has 0 aliphatic rings. The molecule has 0 aliphatic carbocycles. The van der Waals surface area contributed by atoms with E-state index in [1.165, 1.54) is 25.3 Å². The van der Waals surface area contributed by atoms with E-state index >= 15 is 0 Å². The van der Waals surface area contributed by atoms with E-state index < -0.39 is 11.9 Å². The molecule has 0 saturated carbocycles. The van der Waals surface area contributed by atoms with Crippen LogP contribution in [0.5, 0.6) is 23.0 Å². The zero-order valence-electron chi connectivity index (χ0n) is 13.6. The number of amides is 1. The molecule has 2 aromatic rings. The third-order valence-corrected chi connectivity index (χ3v) is 3.33. The third-order valence-electron chi connectivity index (χ3n) is 3.33. The maximum atomic E-state index is 12.4. The van der Waals surface area contributed by atoms with Crippen LogP contribution in [-0.2, 0) is 0 Å². The average Bonchev–Trinajstić information content (AvgIpc) is 2.57. The van der Waals surface area contributed by atoms with E-state index in [0.29, 0.717) is 5.75 Å². The van der Waals surface area contributed by atoms with Crippen LogP contribution in [0.25, 0.3) is 0 Å². The fraction of sp³-hybridized carbons (Fsp3) is 0.176. The summed E-state index contributed by atoms with van der Waals surface area (Å²) < 4.78 is 10.1. The number of carbonyl (C=O) groups is 2. The van der Waals surface area contributed by atoms with Crippen LogP contribution in [0, 0.1) is 0 Å². The Balaban J connectivity index is 2.40. The molecule has 0 radical (unpaired) electrons. The van der Waals surface area contributed by atoms with Crippen LogP contribution in [0.2, 0.25) is 0 Å². The van der Waals surface area contributed by atoms with Gasteiger partial charge in [0.1, 0.15) is 11.5 Å². The van der Waals surface area contributed by atoms with Gasteiger partial charge in [0.05, 0.1) is 30.5 Å². The highest BCUT2D eigenvalue weighted by atomic mass is 16.5. The van der Waals surface area contributed by atoms with Crippen molar-refractivity contribution in [2.45, 2.75) is 6.92 Å². The number of carboxylic acids is 1. The van der Waals surface area contributed by atoms with Gasteiger partial charge in [-0.3, -0.25) is 4.79 Å². The van der Waals surface area contributed by atoms with Crippen LogP contribution in [0.3, 0.4) is 0 Å². The molecule has 0 heterocycles. The lowest BCUT2D eigenvalue weighted by molar-refractivity contribution is 0.0697. The summed E-state index contributed by atoms with van der Waals surface area (Å²) in [7, 11) is 1.40. The van der Waals surface area contributed by atoms with Crippen LogP contribution in [-0.4, -0.2) is 40.9 Å². The predicted octanol–water partition coefficient (Wildman–Crippen LogP) is 2.46. The summed E-state index contributed by atoms with van der Waals surface area (Å²) in [6.45, 7) is 1.91. The monoisotopic (exact) mass is 347 g/mol. The van der Waals surface area contributed by atoms with E-state index in [9.17, 15) is 24.9 Å². The molecule has 0 unspecified atom stereocenters. The first-order valence-electron chi connectivity index (χ1n) is 7.28. The summed E-state index contributed by atoms with van der Waals surface area (Å²) in [5.41, 5.74) is -0.512. The van der Waals surface area contributed by atoms with Gasteiger partial charge in [-0.2, -0.15) is 0 Å². The van der Waals surface area contributed by atoms with Gasteiger partial charge >= 0.3 is 5.97 Å². The summed E-state index contributed by atoms with van der Waals surface area (Å²) in [6, 6.07) is 6.24. The lowest BCUT2D eigenvalue weighted by Gasteiger charge is -2.13. The minimum Gasteiger partial charge on any atom is -0.507 e. The number of rotatable bonds is 6. The standard InChI is InChI=1S/C17H17NO7/c1-3-25-15-7-10(17(22)23)12(8-14(15)20)18-16(21)11-6-9(24-2)4-5-13(11)19/h4-8,19-20H,3H2,1-2H3,(H,18,21)(H,22,23). The van der Waals surface area contributed by atoms with Crippen molar-refractivity contribution in [3.05, 3.63) is 41.5 Å². The number of aromatic hydroxyl groups is 2. The van der Waals surface area contributed by atoms with Crippen molar-refractivity contribution in [1.29, 1.82) is 0 Å². The van der Waals surface area contributed by atoms with Gasteiger partial charge in [-0.15, -0.1) is 0 Å². The summed E-state index contributed by atoms with van der Waals surface area (Å²) >= 11 is 0. The van der Waals surface area contributed by atoms with E-state index in [4.69, 9.17) is 9.47 Å².